The molecule has 4 rings (SSSR count). The van der Waals surface area contributed by atoms with E-state index >= 15 is 0 Å². The molecule has 0 saturated heterocycles. The van der Waals surface area contributed by atoms with Crippen LogP contribution in [0.15, 0.2) is 65.8 Å². The van der Waals surface area contributed by atoms with Crippen molar-refractivity contribution < 1.29 is 9.53 Å². The van der Waals surface area contributed by atoms with Crippen LogP contribution < -0.4 is 9.80 Å². The standard InChI is InChI=1S/C24H25N3O2S/c1-26(2)17-8-6-16(7-9-17)24(21-15-25-13-12-19(21)23(28)29-24)20-11-10-18(27(3)4)14-22(20)30-5/h6-15H,1-5H3. The van der Waals surface area contributed by atoms with Crippen LogP contribution in [-0.4, -0.2) is 45.4 Å². The van der Waals surface area contributed by atoms with Crippen LogP contribution >= 0.6 is 11.8 Å². The third-order valence-electron chi connectivity index (χ3n) is 5.54. The Hall–Kier alpha value is -2.99. The second kappa shape index (κ2) is 7.69. The van der Waals surface area contributed by atoms with E-state index in [2.05, 4.69) is 28.1 Å². The molecule has 6 heteroatoms. The lowest BCUT2D eigenvalue weighted by Gasteiger charge is -2.32. The van der Waals surface area contributed by atoms with E-state index in [1.54, 1.807) is 30.2 Å². The molecule has 1 aromatic heterocycles. The van der Waals surface area contributed by atoms with E-state index in [9.17, 15) is 4.79 Å². The summed E-state index contributed by atoms with van der Waals surface area (Å²) in [6, 6.07) is 16.2. The van der Waals surface area contributed by atoms with Gasteiger partial charge >= 0.3 is 5.97 Å². The smallest absolute Gasteiger partial charge is 0.340 e. The molecule has 0 fully saturated rings. The van der Waals surface area contributed by atoms with Crippen LogP contribution in [0.2, 0.25) is 0 Å². The molecule has 3 aromatic rings. The Labute approximate surface area is 181 Å². The average Bonchev–Trinajstić information content (AvgIpc) is 3.07. The largest absolute Gasteiger partial charge is 0.440 e. The molecule has 2 heterocycles. The summed E-state index contributed by atoms with van der Waals surface area (Å²) in [5.74, 6) is -0.326. The number of hydrogen-bond donors (Lipinski definition) is 0. The van der Waals surface area contributed by atoms with Crippen LogP contribution in [0.1, 0.15) is 27.0 Å². The molecule has 0 spiro atoms. The normalized spacial score (nSPS) is 17.4. The maximum absolute atomic E-state index is 12.9. The number of thioether (sulfide) groups is 1. The number of carbonyl (C=O) groups excluding carboxylic acids is 1. The lowest BCUT2D eigenvalue weighted by atomic mass is 9.80. The van der Waals surface area contributed by atoms with Gasteiger partial charge in [-0.25, -0.2) is 4.79 Å². The quantitative estimate of drug-likeness (QED) is 0.451. The molecule has 0 N–H and O–H groups in total. The zero-order chi connectivity index (χ0) is 21.5. The molecule has 154 valence electrons. The number of cyclic esters (lactones) is 1. The lowest BCUT2D eigenvalue weighted by molar-refractivity contribution is 0.0244. The van der Waals surface area contributed by atoms with Crippen LogP contribution in [0.4, 0.5) is 11.4 Å². The Morgan fingerprint density at radius 1 is 0.900 bits per heavy atom. The number of esters is 1. The number of anilines is 2. The predicted molar refractivity (Wildman–Crippen MR) is 123 cm³/mol. The second-order valence-electron chi connectivity index (χ2n) is 7.71. The summed E-state index contributed by atoms with van der Waals surface area (Å²) in [5, 5.41) is 0. The SMILES string of the molecule is CSc1cc(N(C)C)ccc1C1(c2ccc(N(C)C)cc2)OC(=O)c2ccncc21. The molecule has 5 nitrogen and oxygen atoms in total. The highest BCUT2D eigenvalue weighted by Crippen LogP contribution is 2.49. The first-order chi connectivity index (χ1) is 14.4. The zero-order valence-corrected chi connectivity index (χ0v) is 18.7. The third-order valence-corrected chi connectivity index (χ3v) is 6.31. The minimum absolute atomic E-state index is 0.326. The molecular weight excluding hydrogens is 394 g/mol. The van der Waals surface area contributed by atoms with Crippen LogP contribution in [-0.2, 0) is 10.3 Å². The highest BCUT2D eigenvalue weighted by atomic mass is 32.2. The van der Waals surface area contributed by atoms with Crippen LogP contribution in [0, 0.1) is 0 Å². The van der Waals surface area contributed by atoms with Gasteiger partial charge < -0.3 is 14.5 Å². The van der Waals surface area contributed by atoms with Crippen molar-refractivity contribution in [2.45, 2.75) is 10.5 Å². The minimum atomic E-state index is -1.03. The number of aromatic nitrogens is 1. The van der Waals surface area contributed by atoms with Crippen molar-refractivity contribution in [1.29, 1.82) is 0 Å². The van der Waals surface area contributed by atoms with Crippen molar-refractivity contribution in [3.05, 3.63) is 83.2 Å². The number of benzene rings is 2. The van der Waals surface area contributed by atoms with Gasteiger partial charge in [0.2, 0.25) is 0 Å². The summed E-state index contributed by atoms with van der Waals surface area (Å²) in [6.45, 7) is 0. The minimum Gasteiger partial charge on any atom is -0.440 e. The van der Waals surface area contributed by atoms with E-state index in [4.69, 9.17) is 4.74 Å². The molecule has 1 unspecified atom stereocenters. The maximum Gasteiger partial charge on any atom is 0.340 e. The van der Waals surface area contributed by atoms with Crippen LogP contribution in [0.5, 0.6) is 0 Å². The summed E-state index contributed by atoms with van der Waals surface area (Å²) < 4.78 is 6.22. The van der Waals surface area contributed by atoms with E-state index in [-0.39, 0.29) is 5.97 Å². The monoisotopic (exact) mass is 419 g/mol. The molecule has 0 aliphatic carbocycles. The Bertz CT molecular complexity index is 1100. The van der Waals surface area contributed by atoms with E-state index in [0.29, 0.717) is 5.56 Å². The van der Waals surface area contributed by atoms with Crippen LogP contribution in [0.25, 0.3) is 0 Å². The van der Waals surface area contributed by atoms with Crippen molar-refractivity contribution in [2.24, 2.45) is 0 Å². The Kier molecular flexibility index (Phi) is 5.20. The number of hydrogen-bond acceptors (Lipinski definition) is 6. The number of rotatable bonds is 5. The van der Waals surface area contributed by atoms with Crippen molar-refractivity contribution >= 4 is 29.1 Å². The third kappa shape index (κ3) is 3.12. The molecule has 1 atom stereocenters. The van der Waals surface area contributed by atoms with Crippen molar-refractivity contribution in [3.63, 3.8) is 0 Å². The number of ether oxygens (including phenoxy) is 1. The number of nitrogens with zero attached hydrogens (tertiary/aromatic N) is 3. The molecule has 2 aromatic carbocycles. The van der Waals surface area contributed by atoms with Gasteiger partial charge in [-0.15, -0.1) is 11.8 Å². The predicted octanol–water partition coefficient (Wildman–Crippen LogP) is 4.40. The highest BCUT2D eigenvalue weighted by molar-refractivity contribution is 7.98. The Morgan fingerprint density at radius 3 is 2.20 bits per heavy atom. The first-order valence-electron chi connectivity index (χ1n) is 9.70. The lowest BCUT2D eigenvalue weighted by Crippen LogP contribution is -2.30. The van der Waals surface area contributed by atoms with E-state index < -0.39 is 5.60 Å². The van der Waals surface area contributed by atoms with Gasteiger partial charge in [0.25, 0.3) is 0 Å². The van der Waals surface area contributed by atoms with E-state index in [1.807, 2.05) is 63.6 Å². The highest BCUT2D eigenvalue weighted by Gasteiger charge is 2.50. The van der Waals surface area contributed by atoms with Gasteiger partial charge in [-0.05, 0) is 36.6 Å². The van der Waals surface area contributed by atoms with E-state index in [0.717, 1.165) is 33.0 Å². The Balaban J connectivity index is 2.01. The topological polar surface area (TPSA) is 45.7 Å². The van der Waals surface area contributed by atoms with Gasteiger partial charge in [0.05, 0.1) is 5.56 Å². The van der Waals surface area contributed by atoms with E-state index in [1.165, 1.54) is 0 Å². The van der Waals surface area contributed by atoms with Crippen molar-refractivity contribution in [1.82, 2.24) is 4.98 Å². The first-order valence-corrected chi connectivity index (χ1v) is 10.9. The molecule has 0 amide bonds. The van der Waals surface area contributed by atoms with Gasteiger partial charge in [-0.2, -0.15) is 0 Å². The summed E-state index contributed by atoms with van der Waals surface area (Å²) in [6.07, 6.45) is 5.43. The molecule has 0 radical (unpaired) electrons. The molecule has 0 bridgehead atoms. The molecule has 0 saturated carbocycles. The summed E-state index contributed by atoms with van der Waals surface area (Å²) in [5.41, 5.74) is 4.33. The van der Waals surface area contributed by atoms with Crippen molar-refractivity contribution in [3.8, 4) is 0 Å². The second-order valence-corrected chi connectivity index (χ2v) is 8.56. The van der Waals surface area contributed by atoms with Gasteiger partial charge in [-0.1, -0.05) is 18.2 Å². The summed E-state index contributed by atoms with van der Waals surface area (Å²) in [4.78, 5) is 22.4. The Morgan fingerprint density at radius 2 is 1.57 bits per heavy atom. The number of carbonyl (C=O) groups is 1. The van der Waals surface area contributed by atoms with Gasteiger partial charge in [0, 0.05) is 73.5 Å². The maximum atomic E-state index is 12.9. The average molecular weight is 420 g/mol. The van der Waals surface area contributed by atoms with Gasteiger partial charge in [0.15, 0.2) is 5.60 Å². The van der Waals surface area contributed by atoms with Gasteiger partial charge in [-0.3, -0.25) is 4.98 Å². The molecular formula is C24H25N3O2S. The molecule has 1 aliphatic heterocycles. The fraction of sp³-hybridized carbons (Fsp3) is 0.250. The molecule has 1 aliphatic rings. The summed E-state index contributed by atoms with van der Waals surface area (Å²) >= 11 is 1.64. The van der Waals surface area contributed by atoms with Gasteiger partial charge in [0.1, 0.15) is 0 Å². The summed E-state index contributed by atoms with van der Waals surface area (Å²) in [7, 11) is 8.05. The molecule has 30 heavy (non-hydrogen) atoms. The zero-order valence-electron chi connectivity index (χ0n) is 17.8. The number of pyridine rings is 1. The van der Waals surface area contributed by atoms with Crippen LogP contribution in [0.3, 0.4) is 0 Å². The fourth-order valence-electron chi connectivity index (χ4n) is 3.92. The first kappa shape index (κ1) is 20.3. The van der Waals surface area contributed by atoms with Crippen molar-refractivity contribution in [2.75, 3.05) is 44.2 Å². The fourth-order valence-corrected chi connectivity index (χ4v) is 4.59. The number of fused-ring (bicyclic) bond motifs is 1.